The van der Waals surface area contributed by atoms with Gasteiger partial charge in [0, 0.05) is 47.9 Å². The molecule has 1 aromatic carbocycles. The molecule has 0 amide bonds. The van der Waals surface area contributed by atoms with Crippen LogP contribution in [0.25, 0.3) is 27.7 Å². The number of likely N-dealkylation sites (tertiary alicyclic amines) is 1. The molecule has 0 atom stereocenters. The van der Waals surface area contributed by atoms with Crippen molar-refractivity contribution in [2.45, 2.75) is 51.4 Å². The van der Waals surface area contributed by atoms with E-state index in [1.165, 1.54) is 45.3 Å². The molecule has 2 N–H and O–H groups in total. The fourth-order valence-electron chi connectivity index (χ4n) is 5.94. The van der Waals surface area contributed by atoms with Gasteiger partial charge in [-0.2, -0.15) is 0 Å². The van der Waals surface area contributed by atoms with Gasteiger partial charge in [-0.1, -0.05) is 42.5 Å². The van der Waals surface area contributed by atoms with Gasteiger partial charge in [-0.15, -0.1) is 0 Å². The van der Waals surface area contributed by atoms with Crippen molar-refractivity contribution in [2.24, 2.45) is 5.92 Å². The van der Waals surface area contributed by atoms with E-state index in [1.807, 2.05) is 13.1 Å². The predicted octanol–water partition coefficient (Wildman–Crippen LogP) is 6.18. The first-order chi connectivity index (χ1) is 18.2. The van der Waals surface area contributed by atoms with Crippen LogP contribution in [0.1, 0.15) is 56.5 Å². The minimum absolute atomic E-state index is 0.468. The Morgan fingerprint density at radius 1 is 1.03 bits per heavy atom. The zero-order valence-corrected chi connectivity index (χ0v) is 21.7. The second kappa shape index (κ2) is 10.5. The molecule has 3 aromatic heterocycles. The maximum absolute atomic E-state index is 6.42. The summed E-state index contributed by atoms with van der Waals surface area (Å²) in [5.74, 6) is 2.88. The van der Waals surface area contributed by atoms with Crippen LogP contribution in [0, 0.1) is 5.92 Å². The summed E-state index contributed by atoms with van der Waals surface area (Å²) in [6, 6.07) is 10.7. The van der Waals surface area contributed by atoms with Gasteiger partial charge in [0.15, 0.2) is 0 Å². The quantitative estimate of drug-likeness (QED) is 0.297. The molecule has 0 unspecified atom stereocenters. The fraction of sp³-hybridized carbons (Fsp3) is 0.387. The number of benzene rings is 1. The summed E-state index contributed by atoms with van der Waals surface area (Å²) in [6.45, 7) is 5.82. The molecule has 1 aliphatic carbocycles. The standard InChI is InChI=1S/C31H36N6/c1-2-3-4-5-6-9-26-13-12-23-10-11-24(20-27(23)34-26)28-29-30(32)33-14-17-37(29)31(35-28)25-18-22(19-25)21-36-15-7-8-16-36/h2-3,5-6,10-14,17,20,22,25H,4,7-9,15-16,18-19,21H2,1H3,(H2,32,33)/b3-2-,6-5-. The summed E-state index contributed by atoms with van der Waals surface area (Å²) in [4.78, 5) is 17.2. The molecule has 190 valence electrons. The Bertz CT molecular complexity index is 1450. The van der Waals surface area contributed by atoms with E-state index >= 15 is 0 Å². The summed E-state index contributed by atoms with van der Waals surface area (Å²) in [6.07, 6.45) is 19.3. The lowest BCUT2D eigenvalue weighted by Crippen LogP contribution is -2.34. The topological polar surface area (TPSA) is 72.3 Å². The average molecular weight is 493 g/mol. The molecule has 1 aliphatic heterocycles. The molecule has 0 spiro atoms. The lowest BCUT2D eigenvalue weighted by molar-refractivity contribution is 0.176. The Morgan fingerprint density at radius 2 is 1.86 bits per heavy atom. The Kier molecular flexibility index (Phi) is 6.75. The van der Waals surface area contributed by atoms with Crippen LogP contribution in [0.3, 0.4) is 0 Å². The molecule has 4 aromatic rings. The van der Waals surface area contributed by atoms with Gasteiger partial charge in [-0.25, -0.2) is 9.97 Å². The number of anilines is 1. The van der Waals surface area contributed by atoms with Crippen LogP contribution in [0.5, 0.6) is 0 Å². The van der Waals surface area contributed by atoms with Gasteiger partial charge >= 0.3 is 0 Å². The summed E-state index contributed by atoms with van der Waals surface area (Å²) in [7, 11) is 0. The van der Waals surface area contributed by atoms with Crippen LogP contribution in [0.4, 0.5) is 5.82 Å². The number of imidazole rings is 1. The summed E-state index contributed by atoms with van der Waals surface area (Å²) in [5, 5.41) is 1.13. The van der Waals surface area contributed by atoms with E-state index in [2.05, 4.69) is 68.9 Å². The summed E-state index contributed by atoms with van der Waals surface area (Å²) < 4.78 is 2.18. The SMILES string of the molecule is C/C=C\C/C=C\Cc1ccc2ccc(-c3nc(C4CC(CN5CCCC5)C4)n4ccnc(N)c34)cc2n1. The van der Waals surface area contributed by atoms with Gasteiger partial charge in [-0.05, 0) is 70.2 Å². The molecule has 2 fully saturated rings. The third-order valence-corrected chi connectivity index (χ3v) is 7.95. The molecule has 0 radical (unpaired) electrons. The second-order valence-corrected chi connectivity index (χ2v) is 10.6. The zero-order chi connectivity index (χ0) is 25.2. The predicted molar refractivity (Wildman–Crippen MR) is 152 cm³/mol. The summed E-state index contributed by atoms with van der Waals surface area (Å²) >= 11 is 0. The molecule has 0 bridgehead atoms. The molecule has 6 rings (SSSR count). The average Bonchev–Trinajstić information content (AvgIpc) is 3.54. The van der Waals surface area contributed by atoms with E-state index in [-0.39, 0.29) is 0 Å². The van der Waals surface area contributed by atoms with E-state index in [0.717, 1.165) is 58.0 Å². The number of pyridine rings is 1. The lowest BCUT2D eigenvalue weighted by atomic mass is 9.74. The molecule has 6 heteroatoms. The highest BCUT2D eigenvalue weighted by molar-refractivity contribution is 5.90. The van der Waals surface area contributed by atoms with Gasteiger partial charge < -0.3 is 10.6 Å². The van der Waals surface area contributed by atoms with Gasteiger partial charge in [0.2, 0.25) is 0 Å². The summed E-state index contributed by atoms with van der Waals surface area (Å²) in [5.41, 5.74) is 11.3. The Morgan fingerprint density at radius 3 is 2.70 bits per heavy atom. The Hall–Kier alpha value is -3.51. The monoisotopic (exact) mass is 492 g/mol. The van der Waals surface area contributed by atoms with Gasteiger partial charge in [0.05, 0.1) is 5.52 Å². The molecule has 1 saturated heterocycles. The maximum Gasteiger partial charge on any atom is 0.150 e. The molecule has 1 saturated carbocycles. The fourth-order valence-corrected chi connectivity index (χ4v) is 5.94. The first-order valence-corrected chi connectivity index (χ1v) is 13.7. The van der Waals surface area contributed by atoms with Gasteiger partial charge in [0.1, 0.15) is 22.9 Å². The molecular formula is C31H36N6. The molecule has 2 aliphatic rings. The van der Waals surface area contributed by atoms with E-state index in [1.54, 1.807) is 6.20 Å². The number of aromatic nitrogens is 4. The zero-order valence-electron chi connectivity index (χ0n) is 21.7. The third-order valence-electron chi connectivity index (χ3n) is 7.95. The number of allylic oxidation sites excluding steroid dienone is 4. The highest BCUT2D eigenvalue weighted by Crippen LogP contribution is 2.43. The van der Waals surface area contributed by atoms with E-state index < -0.39 is 0 Å². The lowest BCUT2D eigenvalue weighted by Gasteiger charge is -2.37. The molecule has 6 nitrogen and oxygen atoms in total. The molecular weight excluding hydrogens is 456 g/mol. The number of hydrogen-bond acceptors (Lipinski definition) is 5. The minimum atomic E-state index is 0.468. The van der Waals surface area contributed by atoms with E-state index in [0.29, 0.717) is 11.7 Å². The minimum Gasteiger partial charge on any atom is -0.382 e. The van der Waals surface area contributed by atoms with Crippen molar-refractivity contribution in [3.8, 4) is 11.3 Å². The number of nitrogen functional groups attached to an aromatic ring is 1. The van der Waals surface area contributed by atoms with Crippen LogP contribution >= 0.6 is 0 Å². The van der Waals surface area contributed by atoms with E-state index in [4.69, 9.17) is 15.7 Å². The highest BCUT2D eigenvalue weighted by Gasteiger charge is 2.35. The van der Waals surface area contributed by atoms with Crippen molar-refractivity contribution in [3.63, 3.8) is 0 Å². The van der Waals surface area contributed by atoms with Crippen LogP contribution in [-0.4, -0.2) is 43.9 Å². The Labute approximate surface area is 218 Å². The van der Waals surface area contributed by atoms with Crippen molar-refractivity contribution < 1.29 is 0 Å². The van der Waals surface area contributed by atoms with Crippen LogP contribution < -0.4 is 5.73 Å². The van der Waals surface area contributed by atoms with Crippen molar-refractivity contribution in [1.29, 1.82) is 0 Å². The molecule has 4 heterocycles. The van der Waals surface area contributed by atoms with Gasteiger partial charge in [0.25, 0.3) is 0 Å². The Balaban J connectivity index is 1.28. The van der Waals surface area contributed by atoms with Crippen LogP contribution in [0.15, 0.2) is 67.0 Å². The second-order valence-electron chi connectivity index (χ2n) is 10.6. The van der Waals surface area contributed by atoms with E-state index in [9.17, 15) is 0 Å². The van der Waals surface area contributed by atoms with Crippen LogP contribution in [0.2, 0.25) is 0 Å². The first kappa shape index (κ1) is 23.9. The number of nitrogens with two attached hydrogens (primary N) is 1. The highest BCUT2D eigenvalue weighted by atomic mass is 15.1. The van der Waals surface area contributed by atoms with Crippen molar-refractivity contribution in [2.75, 3.05) is 25.4 Å². The first-order valence-electron chi connectivity index (χ1n) is 13.7. The number of nitrogens with zero attached hydrogens (tertiary/aromatic N) is 5. The third kappa shape index (κ3) is 4.90. The van der Waals surface area contributed by atoms with Crippen molar-refractivity contribution in [1.82, 2.24) is 24.3 Å². The number of hydrogen-bond donors (Lipinski definition) is 1. The molecule has 37 heavy (non-hydrogen) atoms. The number of rotatable bonds is 8. The van der Waals surface area contributed by atoms with Crippen molar-refractivity contribution in [3.05, 3.63) is 78.5 Å². The smallest absolute Gasteiger partial charge is 0.150 e. The van der Waals surface area contributed by atoms with Crippen LogP contribution in [-0.2, 0) is 6.42 Å². The normalized spacial score (nSPS) is 20.6. The number of fused-ring (bicyclic) bond motifs is 2. The maximum atomic E-state index is 6.42. The van der Waals surface area contributed by atoms with Crippen molar-refractivity contribution >= 4 is 22.2 Å². The van der Waals surface area contributed by atoms with Gasteiger partial charge in [-0.3, -0.25) is 9.38 Å². The largest absolute Gasteiger partial charge is 0.382 e.